The summed E-state index contributed by atoms with van der Waals surface area (Å²) in [6, 6.07) is 7.71. The predicted octanol–water partition coefficient (Wildman–Crippen LogP) is 4.41. The SMILES string of the molecule is O=S(=O)(Nc1c(F)cccc1C(F)(F)F)c1ccccc1Br. The van der Waals surface area contributed by atoms with Crippen LogP contribution >= 0.6 is 15.9 Å². The summed E-state index contributed by atoms with van der Waals surface area (Å²) in [4.78, 5) is -0.300. The second kappa shape index (κ2) is 5.88. The first-order chi connectivity index (χ1) is 10.1. The molecule has 0 aromatic heterocycles. The summed E-state index contributed by atoms with van der Waals surface area (Å²) in [7, 11) is -4.39. The Labute approximate surface area is 132 Å². The van der Waals surface area contributed by atoms with Crippen LogP contribution in [0.1, 0.15) is 5.56 Å². The van der Waals surface area contributed by atoms with Gasteiger partial charge in [0.25, 0.3) is 10.0 Å². The molecule has 2 aromatic rings. The van der Waals surface area contributed by atoms with Gasteiger partial charge in [-0.3, -0.25) is 4.72 Å². The molecule has 0 saturated heterocycles. The summed E-state index contributed by atoms with van der Waals surface area (Å²) in [5, 5.41) is 0. The number of benzene rings is 2. The van der Waals surface area contributed by atoms with Crippen LogP contribution in [0.4, 0.5) is 23.2 Å². The zero-order valence-electron chi connectivity index (χ0n) is 10.7. The van der Waals surface area contributed by atoms with E-state index in [-0.39, 0.29) is 9.37 Å². The van der Waals surface area contributed by atoms with Gasteiger partial charge in [-0.05, 0) is 40.2 Å². The first kappa shape index (κ1) is 16.8. The van der Waals surface area contributed by atoms with Crippen molar-refractivity contribution in [2.24, 2.45) is 0 Å². The summed E-state index contributed by atoms with van der Waals surface area (Å²) < 4.78 is 78.5. The highest BCUT2D eigenvalue weighted by molar-refractivity contribution is 9.10. The van der Waals surface area contributed by atoms with Crippen molar-refractivity contribution >= 4 is 31.6 Å². The molecule has 0 aliphatic rings. The van der Waals surface area contributed by atoms with Gasteiger partial charge < -0.3 is 0 Å². The monoisotopic (exact) mass is 397 g/mol. The maximum Gasteiger partial charge on any atom is 0.418 e. The van der Waals surface area contributed by atoms with Crippen molar-refractivity contribution < 1.29 is 26.0 Å². The first-order valence-corrected chi connectivity index (χ1v) is 8.03. The number of para-hydroxylation sites is 1. The van der Waals surface area contributed by atoms with E-state index in [4.69, 9.17) is 0 Å². The Morgan fingerprint density at radius 1 is 1.00 bits per heavy atom. The largest absolute Gasteiger partial charge is 0.418 e. The van der Waals surface area contributed by atoms with Crippen molar-refractivity contribution in [2.75, 3.05) is 4.72 Å². The zero-order chi connectivity index (χ0) is 16.5. The number of hydrogen-bond donors (Lipinski definition) is 1. The van der Waals surface area contributed by atoms with Crippen molar-refractivity contribution in [3.05, 3.63) is 58.3 Å². The molecule has 9 heteroatoms. The lowest BCUT2D eigenvalue weighted by molar-refractivity contribution is -0.137. The van der Waals surface area contributed by atoms with Gasteiger partial charge in [0.15, 0.2) is 0 Å². The molecule has 0 atom stereocenters. The molecule has 0 aliphatic carbocycles. The van der Waals surface area contributed by atoms with E-state index in [0.29, 0.717) is 6.07 Å². The van der Waals surface area contributed by atoms with Crippen LogP contribution in [0.15, 0.2) is 51.8 Å². The first-order valence-electron chi connectivity index (χ1n) is 5.76. The van der Waals surface area contributed by atoms with Gasteiger partial charge in [-0.25, -0.2) is 12.8 Å². The summed E-state index contributed by atoms with van der Waals surface area (Å²) in [6.45, 7) is 0. The minimum Gasteiger partial charge on any atom is -0.276 e. The van der Waals surface area contributed by atoms with E-state index in [1.165, 1.54) is 24.3 Å². The topological polar surface area (TPSA) is 46.2 Å². The van der Waals surface area contributed by atoms with Gasteiger partial charge in [-0.2, -0.15) is 13.2 Å². The molecule has 0 bridgehead atoms. The highest BCUT2D eigenvalue weighted by atomic mass is 79.9. The number of nitrogens with one attached hydrogen (secondary N) is 1. The lowest BCUT2D eigenvalue weighted by Gasteiger charge is -2.16. The molecule has 1 N–H and O–H groups in total. The van der Waals surface area contributed by atoms with E-state index in [0.717, 1.165) is 12.1 Å². The average Bonchev–Trinajstić information content (AvgIpc) is 2.40. The molecule has 0 radical (unpaired) electrons. The van der Waals surface area contributed by atoms with Crippen molar-refractivity contribution in [1.82, 2.24) is 0 Å². The Hall–Kier alpha value is -1.61. The molecule has 118 valence electrons. The molecular weight excluding hydrogens is 390 g/mol. The van der Waals surface area contributed by atoms with E-state index in [9.17, 15) is 26.0 Å². The molecule has 0 fully saturated rings. The van der Waals surface area contributed by atoms with Gasteiger partial charge >= 0.3 is 6.18 Å². The number of halogens is 5. The Kier molecular flexibility index (Phi) is 4.48. The minimum atomic E-state index is -4.89. The van der Waals surface area contributed by atoms with Crippen LogP contribution in [0.3, 0.4) is 0 Å². The molecule has 0 spiro atoms. The highest BCUT2D eigenvalue weighted by Crippen LogP contribution is 2.37. The van der Waals surface area contributed by atoms with Gasteiger partial charge in [0.05, 0.1) is 11.3 Å². The second-order valence-electron chi connectivity index (χ2n) is 4.20. The number of anilines is 1. The van der Waals surface area contributed by atoms with Crippen molar-refractivity contribution in [1.29, 1.82) is 0 Å². The van der Waals surface area contributed by atoms with E-state index < -0.39 is 33.3 Å². The van der Waals surface area contributed by atoms with Gasteiger partial charge in [0.1, 0.15) is 10.7 Å². The lowest BCUT2D eigenvalue weighted by Crippen LogP contribution is -2.18. The molecule has 0 aliphatic heterocycles. The fourth-order valence-corrected chi connectivity index (χ4v) is 3.81. The Morgan fingerprint density at radius 3 is 2.23 bits per heavy atom. The summed E-state index contributed by atoms with van der Waals surface area (Å²) >= 11 is 2.99. The molecule has 0 unspecified atom stereocenters. The standard InChI is InChI=1S/C13H8BrF4NO2S/c14-9-5-1-2-7-11(9)22(20,21)19-12-8(13(16,17)18)4-3-6-10(12)15/h1-7,19H. The molecule has 2 rings (SSSR count). The molecule has 2 aromatic carbocycles. The maximum absolute atomic E-state index is 13.7. The van der Waals surface area contributed by atoms with Crippen LogP contribution in [0.2, 0.25) is 0 Å². The van der Waals surface area contributed by atoms with Crippen LogP contribution in [-0.2, 0) is 16.2 Å². The quantitative estimate of drug-likeness (QED) is 0.779. The van der Waals surface area contributed by atoms with E-state index >= 15 is 0 Å². The van der Waals surface area contributed by atoms with Gasteiger partial charge in [-0.15, -0.1) is 0 Å². The maximum atomic E-state index is 13.7. The Balaban J connectivity index is 2.54. The zero-order valence-corrected chi connectivity index (χ0v) is 13.1. The fourth-order valence-electron chi connectivity index (χ4n) is 1.72. The molecule has 3 nitrogen and oxygen atoms in total. The van der Waals surface area contributed by atoms with Crippen LogP contribution in [0.25, 0.3) is 0 Å². The molecule has 0 heterocycles. The third-order valence-electron chi connectivity index (χ3n) is 2.68. The molecule has 0 amide bonds. The van der Waals surface area contributed by atoms with E-state index in [2.05, 4.69) is 15.9 Å². The molecule has 0 saturated carbocycles. The smallest absolute Gasteiger partial charge is 0.276 e. The number of alkyl halides is 3. The second-order valence-corrected chi connectivity index (χ2v) is 6.70. The predicted molar refractivity (Wildman–Crippen MR) is 76.4 cm³/mol. The normalized spacial score (nSPS) is 12.2. The summed E-state index contributed by atoms with van der Waals surface area (Å²) in [6.07, 6.45) is -4.89. The number of sulfonamides is 1. The van der Waals surface area contributed by atoms with Crippen LogP contribution in [-0.4, -0.2) is 8.42 Å². The van der Waals surface area contributed by atoms with E-state index in [1.54, 1.807) is 4.72 Å². The molecular formula is C13H8BrF4NO2S. The van der Waals surface area contributed by atoms with Crippen LogP contribution < -0.4 is 4.72 Å². The summed E-state index contributed by atoms with van der Waals surface area (Å²) in [5.74, 6) is -1.31. The highest BCUT2D eigenvalue weighted by Gasteiger charge is 2.36. The number of hydrogen-bond acceptors (Lipinski definition) is 2. The summed E-state index contributed by atoms with van der Waals surface area (Å²) in [5.41, 5.74) is -2.53. The fraction of sp³-hybridized carbons (Fsp3) is 0.0769. The third-order valence-corrected chi connectivity index (χ3v) is 5.04. The lowest BCUT2D eigenvalue weighted by atomic mass is 10.1. The third kappa shape index (κ3) is 3.41. The van der Waals surface area contributed by atoms with E-state index in [1.807, 2.05) is 0 Å². The van der Waals surface area contributed by atoms with Crippen molar-refractivity contribution in [3.63, 3.8) is 0 Å². The Morgan fingerprint density at radius 2 is 1.64 bits per heavy atom. The van der Waals surface area contributed by atoms with Gasteiger partial charge in [0.2, 0.25) is 0 Å². The van der Waals surface area contributed by atoms with Gasteiger partial charge in [-0.1, -0.05) is 18.2 Å². The van der Waals surface area contributed by atoms with Crippen molar-refractivity contribution in [3.8, 4) is 0 Å². The number of rotatable bonds is 3. The molecule has 22 heavy (non-hydrogen) atoms. The Bertz CT molecular complexity index is 806. The van der Waals surface area contributed by atoms with Crippen LogP contribution in [0.5, 0.6) is 0 Å². The van der Waals surface area contributed by atoms with Gasteiger partial charge in [0, 0.05) is 4.47 Å². The minimum absolute atomic E-state index is 0.146. The van der Waals surface area contributed by atoms with Crippen molar-refractivity contribution in [2.45, 2.75) is 11.1 Å². The van der Waals surface area contributed by atoms with Crippen LogP contribution in [0, 0.1) is 5.82 Å². The average molecular weight is 398 g/mol.